The third-order valence-electron chi connectivity index (χ3n) is 3.33. The Labute approximate surface area is 109 Å². The van der Waals surface area contributed by atoms with Gasteiger partial charge in [0.15, 0.2) is 0 Å². The molecule has 5 nitrogen and oxygen atoms in total. The molecule has 0 spiro atoms. The van der Waals surface area contributed by atoms with Crippen LogP contribution in [0.4, 0.5) is 0 Å². The van der Waals surface area contributed by atoms with Gasteiger partial charge in [0.1, 0.15) is 5.54 Å². The van der Waals surface area contributed by atoms with Gasteiger partial charge in [0, 0.05) is 0 Å². The minimum absolute atomic E-state index is 0.0356. The SMILES string of the molecule is CC(C)(C)CCS(=O)(=O)NC(C)(C(=O)O)C1CC1. The van der Waals surface area contributed by atoms with Crippen molar-refractivity contribution >= 4 is 16.0 Å². The number of aliphatic carboxylic acids is 1. The Bertz CT molecular complexity index is 420. The van der Waals surface area contributed by atoms with Crippen LogP contribution in [0.3, 0.4) is 0 Å². The van der Waals surface area contributed by atoms with E-state index in [1.165, 1.54) is 6.92 Å². The molecule has 2 N–H and O–H groups in total. The third-order valence-corrected chi connectivity index (χ3v) is 4.80. The Kier molecular flexibility index (Phi) is 4.13. The second-order valence-corrected chi connectivity index (χ2v) is 8.36. The van der Waals surface area contributed by atoms with E-state index in [9.17, 15) is 18.3 Å². The largest absolute Gasteiger partial charge is 0.480 e. The van der Waals surface area contributed by atoms with E-state index in [-0.39, 0.29) is 17.1 Å². The Hall–Kier alpha value is -0.620. The smallest absolute Gasteiger partial charge is 0.324 e. The monoisotopic (exact) mass is 277 g/mol. The zero-order chi connectivity index (χ0) is 14.2. The first-order valence-corrected chi connectivity index (χ1v) is 7.86. The highest BCUT2D eigenvalue weighted by atomic mass is 32.2. The molecule has 1 atom stereocenters. The number of nitrogens with one attached hydrogen (secondary N) is 1. The van der Waals surface area contributed by atoms with Gasteiger partial charge < -0.3 is 5.11 Å². The number of carboxylic acids is 1. The molecule has 1 fully saturated rings. The van der Waals surface area contributed by atoms with Gasteiger partial charge in [0.25, 0.3) is 0 Å². The van der Waals surface area contributed by atoms with Gasteiger partial charge in [-0.25, -0.2) is 8.42 Å². The summed E-state index contributed by atoms with van der Waals surface area (Å²) < 4.78 is 26.3. The topological polar surface area (TPSA) is 83.5 Å². The summed E-state index contributed by atoms with van der Waals surface area (Å²) >= 11 is 0. The number of carboxylic acid groups (broad SMARTS) is 1. The second-order valence-electron chi connectivity index (χ2n) is 6.51. The van der Waals surface area contributed by atoms with Crippen LogP contribution < -0.4 is 4.72 Å². The molecule has 0 aromatic heterocycles. The molecular weight excluding hydrogens is 254 g/mol. The molecule has 18 heavy (non-hydrogen) atoms. The van der Waals surface area contributed by atoms with Crippen molar-refractivity contribution in [1.29, 1.82) is 0 Å². The molecule has 0 amide bonds. The fourth-order valence-electron chi connectivity index (χ4n) is 1.78. The number of hydrogen-bond donors (Lipinski definition) is 2. The minimum Gasteiger partial charge on any atom is -0.480 e. The van der Waals surface area contributed by atoms with E-state index in [2.05, 4.69) is 4.72 Å². The summed E-state index contributed by atoms with van der Waals surface area (Å²) in [6.45, 7) is 7.33. The Morgan fingerprint density at radius 3 is 2.11 bits per heavy atom. The van der Waals surface area contributed by atoms with Crippen LogP contribution in [0.2, 0.25) is 0 Å². The van der Waals surface area contributed by atoms with Crippen molar-refractivity contribution in [3.8, 4) is 0 Å². The van der Waals surface area contributed by atoms with E-state index < -0.39 is 21.5 Å². The summed E-state index contributed by atoms with van der Waals surface area (Å²) in [5.74, 6) is -1.21. The molecular formula is C12H23NO4S. The lowest BCUT2D eigenvalue weighted by atomic mass is 9.94. The molecule has 1 rings (SSSR count). The molecule has 0 aromatic rings. The van der Waals surface area contributed by atoms with Crippen molar-refractivity contribution in [2.24, 2.45) is 11.3 Å². The van der Waals surface area contributed by atoms with E-state index in [1.807, 2.05) is 20.8 Å². The molecule has 6 heteroatoms. The predicted octanol–water partition coefficient (Wildman–Crippen LogP) is 1.60. The highest BCUT2D eigenvalue weighted by Gasteiger charge is 2.49. The fraction of sp³-hybridized carbons (Fsp3) is 0.917. The highest BCUT2D eigenvalue weighted by Crippen LogP contribution is 2.40. The van der Waals surface area contributed by atoms with Gasteiger partial charge in [-0.15, -0.1) is 0 Å². The van der Waals surface area contributed by atoms with Gasteiger partial charge in [-0.05, 0) is 37.5 Å². The highest BCUT2D eigenvalue weighted by molar-refractivity contribution is 7.89. The lowest BCUT2D eigenvalue weighted by molar-refractivity contribution is -0.144. The van der Waals surface area contributed by atoms with Gasteiger partial charge >= 0.3 is 5.97 Å². The maximum absolute atomic E-state index is 12.0. The minimum atomic E-state index is -3.55. The fourth-order valence-corrected chi connectivity index (χ4v) is 3.66. The first-order valence-electron chi connectivity index (χ1n) is 6.21. The van der Waals surface area contributed by atoms with E-state index in [0.29, 0.717) is 6.42 Å². The lowest BCUT2D eigenvalue weighted by Gasteiger charge is -2.27. The molecule has 1 aliphatic carbocycles. The van der Waals surface area contributed by atoms with E-state index in [0.717, 1.165) is 12.8 Å². The average Bonchev–Trinajstić information content (AvgIpc) is 2.96. The van der Waals surface area contributed by atoms with Crippen LogP contribution in [0.15, 0.2) is 0 Å². The summed E-state index contributed by atoms with van der Waals surface area (Å²) in [4.78, 5) is 11.3. The summed E-state index contributed by atoms with van der Waals surface area (Å²) in [5.41, 5.74) is -1.44. The van der Waals surface area contributed by atoms with Crippen LogP contribution in [0, 0.1) is 11.3 Å². The molecule has 1 saturated carbocycles. The number of sulfonamides is 1. The van der Waals surface area contributed by atoms with E-state index in [1.54, 1.807) is 0 Å². The van der Waals surface area contributed by atoms with Crippen molar-refractivity contribution in [3.05, 3.63) is 0 Å². The van der Waals surface area contributed by atoms with Gasteiger partial charge in [-0.2, -0.15) is 4.72 Å². The van der Waals surface area contributed by atoms with Gasteiger partial charge in [-0.3, -0.25) is 4.79 Å². The zero-order valence-corrected chi connectivity index (χ0v) is 12.3. The van der Waals surface area contributed by atoms with Crippen molar-refractivity contribution in [1.82, 2.24) is 4.72 Å². The molecule has 0 radical (unpaired) electrons. The second kappa shape index (κ2) is 4.81. The Morgan fingerprint density at radius 2 is 1.78 bits per heavy atom. The zero-order valence-electron chi connectivity index (χ0n) is 11.5. The Morgan fingerprint density at radius 1 is 1.28 bits per heavy atom. The Balaban J connectivity index is 2.72. The molecule has 1 unspecified atom stereocenters. The predicted molar refractivity (Wildman–Crippen MR) is 69.8 cm³/mol. The maximum Gasteiger partial charge on any atom is 0.324 e. The molecule has 0 saturated heterocycles. The van der Waals surface area contributed by atoms with Crippen LogP contribution in [0.1, 0.15) is 47.0 Å². The average molecular weight is 277 g/mol. The van der Waals surface area contributed by atoms with Crippen LogP contribution in [-0.2, 0) is 14.8 Å². The molecule has 0 heterocycles. The van der Waals surface area contributed by atoms with Crippen molar-refractivity contribution < 1.29 is 18.3 Å². The van der Waals surface area contributed by atoms with Crippen LogP contribution in [-0.4, -0.2) is 30.8 Å². The molecule has 1 aliphatic rings. The van der Waals surface area contributed by atoms with Crippen molar-refractivity contribution in [3.63, 3.8) is 0 Å². The molecule has 0 aromatic carbocycles. The summed E-state index contributed by atoms with van der Waals surface area (Å²) in [6.07, 6.45) is 2.04. The maximum atomic E-state index is 12.0. The van der Waals surface area contributed by atoms with Crippen LogP contribution in [0.5, 0.6) is 0 Å². The molecule has 0 bridgehead atoms. The van der Waals surface area contributed by atoms with Gasteiger partial charge in [-0.1, -0.05) is 20.8 Å². The summed E-state index contributed by atoms with van der Waals surface area (Å²) in [5, 5.41) is 9.21. The molecule has 0 aliphatic heterocycles. The summed E-state index contributed by atoms with van der Waals surface area (Å²) in [6, 6.07) is 0. The standard InChI is InChI=1S/C12H23NO4S/c1-11(2,3)7-8-18(16,17)13-12(4,10(14)15)9-5-6-9/h9,13H,5-8H2,1-4H3,(H,14,15). The van der Waals surface area contributed by atoms with Crippen LogP contribution in [0.25, 0.3) is 0 Å². The summed E-state index contributed by atoms with van der Waals surface area (Å²) in [7, 11) is -3.55. The lowest BCUT2D eigenvalue weighted by Crippen LogP contribution is -2.54. The molecule has 106 valence electrons. The number of rotatable bonds is 6. The quantitative estimate of drug-likeness (QED) is 0.772. The van der Waals surface area contributed by atoms with Crippen LogP contribution >= 0.6 is 0 Å². The van der Waals surface area contributed by atoms with Crippen molar-refractivity contribution in [2.75, 3.05) is 5.75 Å². The third kappa shape index (κ3) is 4.24. The van der Waals surface area contributed by atoms with E-state index >= 15 is 0 Å². The van der Waals surface area contributed by atoms with Crippen molar-refractivity contribution in [2.45, 2.75) is 52.5 Å². The van der Waals surface area contributed by atoms with Gasteiger partial charge in [0.2, 0.25) is 10.0 Å². The number of hydrogen-bond acceptors (Lipinski definition) is 3. The van der Waals surface area contributed by atoms with E-state index in [4.69, 9.17) is 0 Å². The normalized spacial score (nSPS) is 20.4. The first-order chi connectivity index (χ1) is 7.96. The number of carbonyl (C=O) groups is 1. The first kappa shape index (κ1) is 15.4. The van der Waals surface area contributed by atoms with Gasteiger partial charge in [0.05, 0.1) is 5.75 Å².